The first kappa shape index (κ1) is 4.77. The first-order valence-electron chi connectivity index (χ1n) is 3.28. The highest BCUT2D eigenvalue weighted by Gasteiger charge is 2.25. The number of nitrogens with one attached hydrogen (secondary N) is 2. The summed E-state index contributed by atoms with van der Waals surface area (Å²) in [6.07, 6.45) is 2.69. The molecule has 2 unspecified atom stereocenters. The van der Waals surface area contributed by atoms with E-state index < -0.39 is 0 Å². The van der Waals surface area contributed by atoms with E-state index in [9.17, 15) is 0 Å². The van der Waals surface area contributed by atoms with Gasteiger partial charge in [-0.2, -0.15) is 0 Å². The van der Waals surface area contributed by atoms with Gasteiger partial charge in [-0.1, -0.05) is 0 Å². The normalized spacial score (nSPS) is 45.0. The number of piperazine rings is 1. The molecular formula is C6H11N2. The SMILES string of the molecule is [CH]1NC2CCC1NC2. The van der Waals surface area contributed by atoms with Crippen molar-refractivity contribution in [2.75, 3.05) is 6.54 Å². The Morgan fingerprint density at radius 2 is 2.38 bits per heavy atom. The summed E-state index contributed by atoms with van der Waals surface area (Å²) in [6, 6.07) is 1.40. The highest BCUT2D eigenvalue weighted by Crippen LogP contribution is 2.15. The Labute approximate surface area is 49.7 Å². The predicted molar refractivity (Wildman–Crippen MR) is 32.2 cm³/mol. The Balaban J connectivity index is 2.03. The lowest BCUT2D eigenvalue weighted by atomic mass is 9.96. The fourth-order valence-corrected chi connectivity index (χ4v) is 1.42. The molecule has 2 heteroatoms. The molecule has 0 aliphatic carbocycles. The Bertz CT molecular complexity index is 61.5. The molecule has 2 N–H and O–H groups in total. The summed E-state index contributed by atoms with van der Waals surface area (Å²) in [4.78, 5) is 0. The van der Waals surface area contributed by atoms with E-state index >= 15 is 0 Å². The minimum atomic E-state index is 0.667. The lowest BCUT2D eigenvalue weighted by molar-refractivity contribution is 0.289. The van der Waals surface area contributed by atoms with E-state index in [4.69, 9.17) is 0 Å². The van der Waals surface area contributed by atoms with E-state index in [-0.39, 0.29) is 0 Å². The molecule has 0 saturated carbocycles. The lowest BCUT2D eigenvalue weighted by Crippen LogP contribution is -2.56. The second-order valence-corrected chi connectivity index (χ2v) is 2.62. The molecule has 3 rings (SSSR count). The zero-order valence-electron chi connectivity index (χ0n) is 4.85. The van der Waals surface area contributed by atoms with Gasteiger partial charge in [-0.15, -0.1) is 0 Å². The molecule has 2 bridgehead atoms. The van der Waals surface area contributed by atoms with E-state index in [0.29, 0.717) is 6.04 Å². The number of piperidine rings is 2. The van der Waals surface area contributed by atoms with Gasteiger partial charge in [0.1, 0.15) is 0 Å². The first-order valence-corrected chi connectivity index (χ1v) is 3.28. The molecular weight excluding hydrogens is 100 g/mol. The van der Waals surface area contributed by atoms with Gasteiger partial charge in [0, 0.05) is 25.2 Å². The van der Waals surface area contributed by atoms with Crippen LogP contribution in [0.25, 0.3) is 0 Å². The molecule has 8 heavy (non-hydrogen) atoms. The maximum absolute atomic E-state index is 3.40. The summed E-state index contributed by atoms with van der Waals surface area (Å²) in [5, 5.41) is 6.73. The molecule has 3 heterocycles. The largest absolute Gasteiger partial charge is 0.311 e. The third-order valence-corrected chi connectivity index (χ3v) is 1.99. The van der Waals surface area contributed by atoms with Crippen molar-refractivity contribution >= 4 is 0 Å². The van der Waals surface area contributed by atoms with Gasteiger partial charge in [0.25, 0.3) is 0 Å². The van der Waals surface area contributed by atoms with Crippen LogP contribution < -0.4 is 10.6 Å². The van der Waals surface area contributed by atoms with Crippen LogP contribution in [0.5, 0.6) is 0 Å². The van der Waals surface area contributed by atoms with E-state index in [1.807, 2.05) is 0 Å². The van der Waals surface area contributed by atoms with Crippen LogP contribution in [0.2, 0.25) is 0 Å². The molecule has 0 amide bonds. The van der Waals surface area contributed by atoms with Crippen LogP contribution in [0.1, 0.15) is 12.8 Å². The Hall–Kier alpha value is -0.0800. The predicted octanol–water partition coefficient (Wildman–Crippen LogP) is -0.128. The van der Waals surface area contributed by atoms with Gasteiger partial charge in [0.15, 0.2) is 0 Å². The fourth-order valence-electron chi connectivity index (χ4n) is 1.42. The van der Waals surface area contributed by atoms with Crippen LogP contribution in [0.15, 0.2) is 0 Å². The van der Waals surface area contributed by atoms with Crippen molar-refractivity contribution in [3.63, 3.8) is 0 Å². The lowest BCUT2D eigenvalue weighted by Gasteiger charge is -2.37. The van der Waals surface area contributed by atoms with Gasteiger partial charge >= 0.3 is 0 Å². The highest BCUT2D eigenvalue weighted by atomic mass is 15.1. The Morgan fingerprint density at radius 3 is 2.50 bits per heavy atom. The summed E-state index contributed by atoms with van der Waals surface area (Å²) in [5.74, 6) is 0. The second kappa shape index (κ2) is 1.71. The highest BCUT2D eigenvalue weighted by molar-refractivity contribution is 4.96. The van der Waals surface area contributed by atoms with E-state index in [1.54, 1.807) is 0 Å². The topological polar surface area (TPSA) is 24.1 Å². The van der Waals surface area contributed by atoms with Crippen LogP contribution in [0.3, 0.4) is 0 Å². The monoisotopic (exact) mass is 111 g/mol. The first-order chi connectivity index (χ1) is 3.95. The van der Waals surface area contributed by atoms with Gasteiger partial charge < -0.3 is 10.6 Å². The molecule has 45 valence electrons. The third-order valence-electron chi connectivity index (χ3n) is 1.99. The Morgan fingerprint density at radius 1 is 1.38 bits per heavy atom. The molecule has 2 atom stereocenters. The van der Waals surface area contributed by atoms with Crippen LogP contribution in [0.4, 0.5) is 0 Å². The Kier molecular flexibility index (Phi) is 1.02. The quantitative estimate of drug-likeness (QED) is 0.455. The van der Waals surface area contributed by atoms with Gasteiger partial charge in [0.05, 0.1) is 0 Å². The third kappa shape index (κ3) is 0.644. The van der Waals surface area contributed by atoms with Crippen molar-refractivity contribution in [3.05, 3.63) is 6.54 Å². The van der Waals surface area contributed by atoms with Gasteiger partial charge in [-0.3, -0.25) is 0 Å². The zero-order chi connectivity index (χ0) is 5.40. The average Bonchev–Trinajstić information content (AvgIpc) is 1.92. The molecule has 0 aromatic heterocycles. The van der Waals surface area contributed by atoms with Crippen molar-refractivity contribution in [2.24, 2.45) is 0 Å². The van der Waals surface area contributed by atoms with E-state index in [1.165, 1.54) is 19.4 Å². The molecule has 3 aliphatic rings. The fraction of sp³-hybridized carbons (Fsp3) is 0.833. The van der Waals surface area contributed by atoms with Gasteiger partial charge in [-0.05, 0) is 12.8 Å². The molecule has 0 aromatic rings. The number of rotatable bonds is 0. The van der Waals surface area contributed by atoms with Crippen molar-refractivity contribution in [1.82, 2.24) is 10.6 Å². The molecule has 3 aliphatic heterocycles. The number of hydrogen-bond donors (Lipinski definition) is 2. The summed E-state index contributed by atoms with van der Waals surface area (Å²) in [5.41, 5.74) is 0. The van der Waals surface area contributed by atoms with Gasteiger partial charge in [-0.25, -0.2) is 0 Å². The number of hydrogen-bond acceptors (Lipinski definition) is 2. The molecule has 3 saturated heterocycles. The van der Waals surface area contributed by atoms with Crippen molar-refractivity contribution in [1.29, 1.82) is 0 Å². The summed E-state index contributed by atoms with van der Waals surface area (Å²) in [7, 11) is 0. The van der Waals surface area contributed by atoms with Gasteiger partial charge in [0.2, 0.25) is 0 Å². The minimum absolute atomic E-state index is 0.667. The number of fused-ring (bicyclic) bond motifs is 3. The molecule has 0 spiro atoms. The van der Waals surface area contributed by atoms with Crippen LogP contribution in [-0.2, 0) is 0 Å². The average molecular weight is 111 g/mol. The van der Waals surface area contributed by atoms with Crippen LogP contribution in [0, 0.1) is 6.54 Å². The molecule has 1 radical (unpaired) electrons. The zero-order valence-corrected chi connectivity index (χ0v) is 4.85. The second-order valence-electron chi connectivity index (χ2n) is 2.62. The smallest absolute Gasteiger partial charge is 0.0393 e. The van der Waals surface area contributed by atoms with Crippen LogP contribution >= 0.6 is 0 Å². The standard InChI is InChI=1S/C6H11N2/c1-2-6-4-7-5(1)3-8-6/h3,5-8H,1-2,4H2. The van der Waals surface area contributed by atoms with Crippen molar-refractivity contribution in [2.45, 2.75) is 24.9 Å². The maximum Gasteiger partial charge on any atom is 0.0393 e. The van der Waals surface area contributed by atoms with Crippen molar-refractivity contribution in [3.8, 4) is 0 Å². The summed E-state index contributed by atoms with van der Waals surface area (Å²) in [6.45, 7) is 3.35. The molecule has 3 fully saturated rings. The van der Waals surface area contributed by atoms with Crippen molar-refractivity contribution < 1.29 is 0 Å². The van der Waals surface area contributed by atoms with E-state index in [0.717, 1.165) is 6.04 Å². The van der Waals surface area contributed by atoms with E-state index in [2.05, 4.69) is 17.2 Å². The molecule has 2 nitrogen and oxygen atoms in total. The minimum Gasteiger partial charge on any atom is -0.311 e. The van der Waals surface area contributed by atoms with Crippen LogP contribution in [-0.4, -0.2) is 18.6 Å². The molecule has 0 aromatic carbocycles. The summed E-state index contributed by atoms with van der Waals surface area (Å²) >= 11 is 0. The maximum atomic E-state index is 3.40. The summed E-state index contributed by atoms with van der Waals surface area (Å²) < 4.78 is 0.